The lowest BCUT2D eigenvalue weighted by atomic mass is 10.2. The standard InChI is InChI=1S/C14H13N5O4S2/c1-25(22,23)18-14(16-13(17-18)12-6-3-7-24-12)15-9-10-4-2-5-11(8-10)19(20)21/h2-8H,9H2,1H3,(H,15,16,17). The summed E-state index contributed by atoms with van der Waals surface area (Å²) in [5.74, 6) is 0.347. The van der Waals surface area contributed by atoms with E-state index < -0.39 is 14.9 Å². The number of nitrogens with one attached hydrogen (secondary N) is 1. The fraction of sp³-hybridized carbons (Fsp3) is 0.143. The minimum atomic E-state index is -3.65. The summed E-state index contributed by atoms with van der Waals surface area (Å²) in [4.78, 5) is 15.3. The van der Waals surface area contributed by atoms with Crippen LogP contribution in [0, 0.1) is 10.1 Å². The van der Waals surface area contributed by atoms with Crippen LogP contribution in [0.4, 0.5) is 11.6 Å². The zero-order chi connectivity index (χ0) is 18.0. The molecule has 0 atom stereocenters. The van der Waals surface area contributed by atoms with E-state index in [0.29, 0.717) is 11.4 Å². The monoisotopic (exact) mass is 379 g/mol. The molecule has 11 heteroatoms. The molecule has 3 rings (SSSR count). The molecule has 0 saturated heterocycles. The predicted molar refractivity (Wildman–Crippen MR) is 94.0 cm³/mol. The van der Waals surface area contributed by atoms with Crippen LogP contribution in [-0.2, 0) is 16.6 Å². The van der Waals surface area contributed by atoms with Crippen molar-refractivity contribution in [3.05, 3.63) is 57.5 Å². The second-order valence-electron chi connectivity index (χ2n) is 5.12. The smallest absolute Gasteiger partial charge is 0.269 e. The first-order chi connectivity index (χ1) is 11.8. The van der Waals surface area contributed by atoms with Gasteiger partial charge in [-0.2, -0.15) is 4.98 Å². The summed E-state index contributed by atoms with van der Waals surface area (Å²) < 4.78 is 24.7. The maximum Gasteiger partial charge on any atom is 0.269 e. The van der Waals surface area contributed by atoms with Crippen molar-refractivity contribution < 1.29 is 13.3 Å². The first-order valence-corrected chi connectivity index (χ1v) is 9.76. The molecule has 0 aliphatic carbocycles. The number of hydrogen-bond acceptors (Lipinski definition) is 8. The Kier molecular flexibility index (Phi) is 4.51. The molecule has 2 heterocycles. The van der Waals surface area contributed by atoms with Crippen molar-refractivity contribution in [2.24, 2.45) is 0 Å². The summed E-state index contributed by atoms with van der Waals surface area (Å²) in [7, 11) is -3.65. The molecule has 2 aromatic heterocycles. The van der Waals surface area contributed by atoms with Crippen LogP contribution in [-0.4, -0.2) is 33.8 Å². The van der Waals surface area contributed by atoms with Crippen LogP contribution in [0.1, 0.15) is 5.56 Å². The van der Waals surface area contributed by atoms with Gasteiger partial charge in [0.1, 0.15) is 0 Å². The third-order valence-electron chi connectivity index (χ3n) is 3.21. The summed E-state index contributed by atoms with van der Waals surface area (Å²) in [6.45, 7) is 0.166. The number of benzene rings is 1. The third-order valence-corrected chi connectivity index (χ3v) is 4.95. The predicted octanol–water partition coefficient (Wildman–Crippen LogP) is 2.33. The second kappa shape index (κ2) is 6.61. The minimum absolute atomic E-state index is 0.0387. The molecule has 0 spiro atoms. The number of nitro benzene ring substituents is 1. The Bertz CT molecular complexity index is 1010. The highest BCUT2D eigenvalue weighted by molar-refractivity contribution is 7.89. The molecule has 130 valence electrons. The molecule has 0 saturated carbocycles. The molecular weight excluding hydrogens is 366 g/mol. The van der Waals surface area contributed by atoms with Gasteiger partial charge in [-0.15, -0.1) is 20.5 Å². The quantitative estimate of drug-likeness (QED) is 0.515. The fourth-order valence-corrected chi connectivity index (χ4v) is 3.41. The molecule has 0 unspecified atom stereocenters. The number of hydrogen-bond donors (Lipinski definition) is 1. The van der Waals surface area contributed by atoms with E-state index in [4.69, 9.17) is 0 Å². The molecule has 0 bridgehead atoms. The van der Waals surface area contributed by atoms with E-state index in [9.17, 15) is 18.5 Å². The molecule has 0 aliphatic heterocycles. The maximum absolute atomic E-state index is 11.9. The summed E-state index contributed by atoms with van der Waals surface area (Å²) in [5, 5.41) is 19.6. The first-order valence-electron chi connectivity index (χ1n) is 7.03. The van der Waals surface area contributed by atoms with E-state index in [1.807, 2.05) is 11.4 Å². The average molecular weight is 379 g/mol. The van der Waals surface area contributed by atoms with Crippen molar-refractivity contribution in [2.45, 2.75) is 6.54 Å². The van der Waals surface area contributed by atoms with Gasteiger partial charge in [0.25, 0.3) is 15.7 Å². The van der Waals surface area contributed by atoms with Crippen LogP contribution in [0.15, 0.2) is 41.8 Å². The highest BCUT2D eigenvalue weighted by Gasteiger charge is 2.19. The Balaban J connectivity index is 1.89. The van der Waals surface area contributed by atoms with E-state index >= 15 is 0 Å². The van der Waals surface area contributed by atoms with E-state index in [0.717, 1.165) is 15.2 Å². The van der Waals surface area contributed by atoms with Crippen molar-refractivity contribution in [1.82, 2.24) is 14.2 Å². The fourth-order valence-electron chi connectivity index (χ4n) is 2.11. The molecule has 0 amide bonds. The van der Waals surface area contributed by atoms with E-state index in [2.05, 4.69) is 15.4 Å². The number of aromatic nitrogens is 3. The van der Waals surface area contributed by atoms with Crippen molar-refractivity contribution >= 4 is 33.0 Å². The van der Waals surface area contributed by atoms with Crippen molar-refractivity contribution in [3.8, 4) is 10.7 Å². The summed E-state index contributed by atoms with van der Waals surface area (Å²) >= 11 is 1.39. The number of rotatable bonds is 6. The van der Waals surface area contributed by atoms with Crippen LogP contribution < -0.4 is 5.32 Å². The van der Waals surface area contributed by atoms with E-state index in [1.165, 1.54) is 23.5 Å². The number of anilines is 1. The van der Waals surface area contributed by atoms with Crippen LogP contribution in [0.5, 0.6) is 0 Å². The van der Waals surface area contributed by atoms with Gasteiger partial charge in [-0.05, 0) is 17.0 Å². The molecule has 3 aromatic rings. The SMILES string of the molecule is CS(=O)(=O)n1nc(-c2cccs2)nc1NCc1cccc([N+](=O)[O-])c1. The van der Waals surface area contributed by atoms with Gasteiger partial charge in [-0.25, -0.2) is 8.42 Å². The Morgan fingerprint density at radius 1 is 1.32 bits per heavy atom. The van der Waals surface area contributed by atoms with Gasteiger partial charge in [-0.3, -0.25) is 10.1 Å². The largest absolute Gasteiger partial charge is 0.349 e. The van der Waals surface area contributed by atoms with Gasteiger partial charge in [-0.1, -0.05) is 18.2 Å². The second-order valence-corrected chi connectivity index (χ2v) is 7.88. The van der Waals surface area contributed by atoms with Gasteiger partial charge in [0, 0.05) is 18.7 Å². The summed E-state index contributed by atoms with van der Waals surface area (Å²) in [6, 6.07) is 9.66. The Morgan fingerprint density at radius 2 is 2.12 bits per heavy atom. The first kappa shape index (κ1) is 17.0. The lowest BCUT2D eigenvalue weighted by Crippen LogP contribution is -2.16. The number of thiophene rings is 1. The molecule has 0 radical (unpaired) electrons. The van der Waals surface area contributed by atoms with Crippen LogP contribution in [0.2, 0.25) is 0 Å². The van der Waals surface area contributed by atoms with E-state index in [1.54, 1.807) is 18.2 Å². The zero-order valence-electron chi connectivity index (χ0n) is 13.0. The van der Waals surface area contributed by atoms with Crippen LogP contribution in [0.3, 0.4) is 0 Å². The number of nitrogens with zero attached hydrogens (tertiary/aromatic N) is 4. The third kappa shape index (κ3) is 3.83. The molecule has 25 heavy (non-hydrogen) atoms. The Labute approximate surface area is 147 Å². The Hall–Kier alpha value is -2.79. The number of non-ortho nitro benzene ring substituents is 1. The molecule has 1 aromatic carbocycles. The topological polar surface area (TPSA) is 120 Å². The van der Waals surface area contributed by atoms with Crippen molar-refractivity contribution in [2.75, 3.05) is 11.6 Å². The lowest BCUT2D eigenvalue weighted by Gasteiger charge is -2.06. The molecule has 0 aliphatic rings. The van der Waals surface area contributed by atoms with Crippen LogP contribution >= 0.6 is 11.3 Å². The zero-order valence-corrected chi connectivity index (χ0v) is 14.6. The lowest BCUT2D eigenvalue weighted by molar-refractivity contribution is -0.384. The average Bonchev–Trinajstić information content (AvgIpc) is 3.22. The molecule has 0 fully saturated rings. The minimum Gasteiger partial charge on any atom is -0.349 e. The highest BCUT2D eigenvalue weighted by Crippen LogP contribution is 2.24. The van der Waals surface area contributed by atoms with Gasteiger partial charge < -0.3 is 5.32 Å². The van der Waals surface area contributed by atoms with Crippen molar-refractivity contribution in [1.29, 1.82) is 0 Å². The van der Waals surface area contributed by atoms with Gasteiger partial charge >= 0.3 is 0 Å². The summed E-state index contributed by atoms with van der Waals surface area (Å²) in [5.41, 5.74) is 0.582. The normalized spacial score (nSPS) is 11.4. The van der Waals surface area contributed by atoms with Gasteiger partial charge in [0.2, 0.25) is 5.95 Å². The van der Waals surface area contributed by atoms with Gasteiger partial charge in [0.05, 0.1) is 16.1 Å². The van der Waals surface area contributed by atoms with Crippen LogP contribution in [0.25, 0.3) is 10.7 Å². The molecule has 1 N–H and O–H groups in total. The number of nitro groups is 1. The van der Waals surface area contributed by atoms with Gasteiger partial charge in [0.15, 0.2) is 5.82 Å². The maximum atomic E-state index is 11.9. The summed E-state index contributed by atoms with van der Waals surface area (Å²) in [6.07, 6.45) is 1.03. The molecule has 9 nitrogen and oxygen atoms in total. The van der Waals surface area contributed by atoms with E-state index in [-0.39, 0.29) is 18.2 Å². The van der Waals surface area contributed by atoms with Crippen molar-refractivity contribution in [3.63, 3.8) is 0 Å². The Morgan fingerprint density at radius 3 is 2.76 bits per heavy atom. The highest BCUT2D eigenvalue weighted by atomic mass is 32.2. The molecular formula is C14H13N5O4S2.